The number of H-pyrrole nitrogens is 2. The first-order valence-corrected chi connectivity index (χ1v) is 9.86. The van der Waals surface area contributed by atoms with Crippen LogP contribution in [0.3, 0.4) is 0 Å². The summed E-state index contributed by atoms with van der Waals surface area (Å²) in [5, 5.41) is 0. The van der Waals surface area contributed by atoms with E-state index in [1.807, 2.05) is 52.0 Å². The maximum atomic E-state index is 10.8. The molecule has 4 rings (SSSR count). The molecule has 0 saturated carbocycles. The molecule has 0 bridgehead atoms. The van der Waals surface area contributed by atoms with Crippen molar-refractivity contribution < 1.29 is 9.53 Å². The van der Waals surface area contributed by atoms with Crippen LogP contribution in [0.5, 0.6) is 0 Å². The number of carbonyl (C=O) groups excluding carboxylic acids is 1. The smallest absolute Gasteiger partial charge is 0.311 e. The van der Waals surface area contributed by atoms with Gasteiger partial charge < -0.3 is 14.7 Å². The van der Waals surface area contributed by atoms with Gasteiger partial charge in [-0.2, -0.15) is 0 Å². The summed E-state index contributed by atoms with van der Waals surface area (Å²) in [6.45, 7) is 7.79. The van der Waals surface area contributed by atoms with E-state index in [0.29, 0.717) is 6.61 Å². The Morgan fingerprint density at radius 1 is 0.839 bits per heavy atom. The van der Waals surface area contributed by atoms with E-state index in [0.717, 1.165) is 22.5 Å². The first-order chi connectivity index (χ1) is 14.9. The molecule has 0 aliphatic heterocycles. The maximum absolute atomic E-state index is 10.8. The minimum atomic E-state index is -0.351. The minimum Gasteiger partial charge on any atom is -0.466 e. The van der Waals surface area contributed by atoms with Gasteiger partial charge >= 0.3 is 5.97 Å². The maximum Gasteiger partial charge on any atom is 0.311 e. The molecule has 8 heteroatoms. The fourth-order valence-electron chi connectivity index (χ4n) is 2.22. The Morgan fingerprint density at radius 2 is 1.32 bits per heavy atom. The molecule has 0 amide bonds. The number of rotatable bonds is 3. The summed E-state index contributed by atoms with van der Waals surface area (Å²) in [6.07, 6.45) is 14.0. The van der Waals surface area contributed by atoms with Gasteiger partial charge in [-0.15, -0.1) is 0 Å². The average molecular weight is 421 g/mol. The molecule has 0 fully saturated rings. The van der Waals surface area contributed by atoms with Crippen molar-refractivity contribution in [3.8, 4) is 22.5 Å². The summed E-state index contributed by atoms with van der Waals surface area (Å²) in [6, 6.07) is 7.77. The van der Waals surface area contributed by atoms with Crippen LogP contribution in [0.15, 0.2) is 74.1 Å². The number of nitrogens with one attached hydrogen (secondary N) is 2. The number of ether oxygens (including phenoxy) is 1. The molecular weight excluding hydrogens is 392 g/mol. The second-order valence-corrected chi connectivity index (χ2v) is 7.38. The van der Waals surface area contributed by atoms with Crippen molar-refractivity contribution in [2.45, 2.75) is 27.7 Å². The quantitative estimate of drug-likeness (QED) is 0.471. The first-order valence-electron chi connectivity index (χ1n) is 9.86. The van der Waals surface area contributed by atoms with Crippen LogP contribution in [-0.2, 0) is 9.53 Å². The monoisotopic (exact) mass is 420 g/mol. The van der Waals surface area contributed by atoms with Gasteiger partial charge in [0.2, 0.25) is 0 Å². The van der Waals surface area contributed by atoms with Crippen molar-refractivity contribution in [2.75, 3.05) is 6.61 Å². The van der Waals surface area contributed by atoms with E-state index >= 15 is 0 Å². The van der Waals surface area contributed by atoms with Crippen LogP contribution < -0.4 is 0 Å². The van der Waals surface area contributed by atoms with Gasteiger partial charge in [-0.05, 0) is 52.0 Å². The molecule has 0 aliphatic rings. The molecular formula is C23H28N6O2. The molecule has 0 radical (unpaired) electrons. The Kier molecular flexibility index (Phi) is 9.10. The van der Waals surface area contributed by atoms with Crippen molar-refractivity contribution in [1.29, 1.82) is 0 Å². The number of nitrogens with zero attached hydrogens (tertiary/aromatic N) is 4. The van der Waals surface area contributed by atoms with Crippen molar-refractivity contribution in [3.05, 3.63) is 74.1 Å². The summed E-state index contributed by atoms with van der Waals surface area (Å²) < 4.78 is 4.77. The summed E-state index contributed by atoms with van der Waals surface area (Å²) in [5.74, 6) is -0.134. The largest absolute Gasteiger partial charge is 0.466 e. The average Bonchev–Trinajstić information content (AvgIpc) is 3.50. The topological polar surface area (TPSA) is 109 Å². The third-order valence-electron chi connectivity index (χ3n) is 3.83. The summed E-state index contributed by atoms with van der Waals surface area (Å²) >= 11 is 0. The van der Waals surface area contributed by atoms with Gasteiger partial charge in [-0.1, -0.05) is 0 Å². The fourth-order valence-corrected chi connectivity index (χ4v) is 2.22. The van der Waals surface area contributed by atoms with Crippen LogP contribution in [0, 0.1) is 5.41 Å². The highest BCUT2D eigenvalue weighted by atomic mass is 16.5. The van der Waals surface area contributed by atoms with E-state index in [9.17, 15) is 4.79 Å². The highest BCUT2D eigenvalue weighted by molar-refractivity contribution is 5.75. The van der Waals surface area contributed by atoms with E-state index in [4.69, 9.17) is 4.74 Å². The van der Waals surface area contributed by atoms with E-state index in [1.54, 1.807) is 49.8 Å². The van der Waals surface area contributed by atoms with Gasteiger partial charge in [0.05, 0.1) is 48.5 Å². The molecule has 0 unspecified atom stereocenters. The standard InChI is InChI=1S/2C8H7N3.C7H14O2/c2*1-2-7(4-9-3-1)8-5-10-6-11-8;1-5-9-6(8)7(2,3)4/h2*1-6H,(H,10,11);5H2,1-4H3. The number of esters is 1. The second kappa shape index (κ2) is 12.0. The van der Waals surface area contributed by atoms with Crippen LogP contribution in [0.4, 0.5) is 0 Å². The number of pyridine rings is 2. The number of carbonyl (C=O) groups is 1. The lowest BCUT2D eigenvalue weighted by Crippen LogP contribution is -2.22. The molecule has 4 aromatic heterocycles. The molecule has 0 saturated heterocycles. The molecule has 4 aromatic rings. The van der Waals surface area contributed by atoms with Crippen LogP contribution >= 0.6 is 0 Å². The summed E-state index contributed by atoms with van der Waals surface area (Å²) in [7, 11) is 0. The molecule has 31 heavy (non-hydrogen) atoms. The van der Waals surface area contributed by atoms with Gasteiger partial charge in [0.25, 0.3) is 0 Å². The van der Waals surface area contributed by atoms with Crippen LogP contribution in [0.1, 0.15) is 27.7 Å². The van der Waals surface area contributed by atoms with Crippen molar-refractivity contribution in [1.82, 2.24) is 29.9 Å². The number of imidazole rings is 2. The van der Waals surface area contributed by atoms with Gasteiger partial charge in [-0.3, -0.25) is 14.8 Å². The predicted molar refractivity (Wildman–Crippen MR) is 120 cm³/mol. The van der Waals surface area contributed by atoms with Crippen molar-refractivity contribution in [3.63, 3.8) is 0 Å². The molecule has 0 aromatic carbocycles. The molecule has 0 atom stereocenters. The molecule has 4 heterocycles. The van der Waals surface area contributed by atoms with Gasteiger partial charge in [0.1, 0.15) is 0 Å². The van der Waals surface area contributed by atoms with Crippen LogP contribution in [0.25, 0.3) is 22.5 Å². The Morgan fingerprint density at radius 3 is 1.58 bits per heavy atom. The Balaban J connectivity index is 0.000000167. The predicted octanol–water partition coefficient (Wildman–Crippen LogP) is 4.54. The lowest BCUT2D eigenvalue weighted by atomic mass is 9.97. The number of hydrogen-bond acceptors (Lipinski definition) is 6. The fraction of sp³-hybridized carbons (Fsp3) is 0.261. The van der Waals surface area contributed by atoms with E-state index in [2.05, 4.69) is 29.9 Å². The third kappa shape index (κ3) is 8.22. The van der Waals surface area contributed by atoms with Gasteiger partial charge in [0, 0.05) is 35.9 Å². The molecule has 0 spiro atoms. The number of aromatic amines is 2. The Labute approximate surface area is 182 Å². The van der Waals surface area contributed by atoms with Crippen LogP contribution in [0.2, 0.25) is 0 Å². The van der Waals surface area contributed by atoms with Gasteiger partial charge in [0.15, 0.2) is 0 Å². The van der Waals surface area contributed by atoms with E-state index < -0.39 is 0 Å². The second-order valence-electron chi connectivity index (χ2n) is 7.38. The highest BCUT2D eigenvalue weighted by Crippen LogP contribution is 2.14. The third-order valence-corrected chi connectivity index (χ3v) is 3.83. The van der Waals surface area contributed by atoms with E-state index in [1.165, 1.54) is 0 Å². The summed E-state index contributed by atoms with van der Waals surface area (Å²) in [4.78, 5) is 32.7. The molecule has 8 nitrogen and oxygen atoms in total. The highest BCUT2D eigenvalue weighted by Gasteiger charge is 2.21. The lowest BCUT2D eigenvalue weighted by Gasteiger charge is -2.14. The van der Waals surface area contributed by atoms with Crippen LogP contribution in [-0.4, -0.2) is 42.5 Å². The first kappa shape index (κ1) is 23.5. The van der Waals surface area contributed by atoms with E-state index in [-0.39, 0.29) is 11.4 Å². The lowest BCUT2D eigenvalue weighted by molar-refractivity contribution is -0.152. The Bertz CT molecular complexity index is 910. The number of hydrogen-bond donors (Lipinski definition) is 2. The molecule has 162 valence electrons. The van der Waals surface area contributed by atoms with Crippen molar-refractivity contribution in [2.24, 2.45) is 5.41 Å². The zero-order valence-corrected chi connectivity index (χ0v) is 18.2. The summed E-state index contributed by atoms with van der Waals surface area (Å²) in [5.41, 5.74) is 3.77. The SMILES string of the molecule is CCOC(=O)C(C)(C)C.c1cncc(-c2cnc[nH]2)c1.c1cncc(-c2cnc[nH]2)c1. The Hall–Kier alpha value is -3.81. The normalized spacial score (nSPS) is 10.2. The minimum absolute atomic E-state index is 0.134. The van der Waals surface area contributed by atoms with Gasteiger partial charge in [-0.25, -0.2) is 9.97 Å². The zero-order chi connectivity index (χ0) is 22.5. The number of aromatic nitrogens is 6. The molecule has 2 N–H and O–H groups in total. The zero-order valence-electron chi connectivity index (χ0n) is 18.2. The molecule has 0 aliphatic carbocycles. The van der Waals surface area contributed by atoms with Crippen molar-refractivity contribution >= 4 is 5.97 Å².